The van der Waals surface area contributed by atoms with E-state index in [1.165, 1.54) is 4.31 Å². The third-order valence-corrected chi connectivity index (χ3v) is 12.4. The maximum atomic E-state index is 13.7. The van der Waals surface area contributed by atoms with Crippen molar-refractivity contribution in [1.29, 1.82) is 0 Å². The molecule has 14 heteroatoms. The molecule has 0 spiro atoms. The van der Waals surface area contributed by atoms with Gasteiger partial charge in [0.05, 0.1) is 45.4 Å². The Balaban J connectivity index is 1.10. The lowest BCUT2D eigenvalue weighted by molar-refractivity contribution is -0.143. The summed E-state index contributed by atoms with van der Waals surface area (Å²) >= 11 is 0. The van der Waals surface area contributed by atoms with Crippen molar-refractivity contribution in [2.75, 3.05) is 27.4 Å². The van der Waals surface area contributed by atoms with Gasteiger partial charge < -0.3 is 27.9 Å². The zero-order chi connectivity index (χ0) is 42.9. The number of fused-ring (bicyclic) bond motifs is 2. The van der Waals surface area contributed by atoms with Gasteiger partial charge in [-0.15, -0.1) is 5.10 Å². The summed E-state index contributed by atoms with van der Waals surface area (Å²) in [6.45, 7) is 8.04. The molecule has 1 aliphatic heterocycles. The number of carbonyl (C=O) groups is 1. The molecule has 61 heavy (non-hydrogen) atoms. The van der Waals surface area contributed by atoms with Crippen LogP contribution >= 0.6 is 0 Å². The van der Waals surface area contributed by atoms with Crippen molar-refractivity contribution in [2.45, 2.75) is 78.3 Å². The molecular formula is C47H52N4O9S. The number of esters is 1. The van der Waals surface area contributed by atoms with Gasteiger partial charge in [-0.25, -0.2) is 4.68 Å². The fourth-order valence-electron chi connectivity index (χ4n) is 7.68. The molecule has 2 heterocycles. The van der Waals surface area contributed by atoms with E-state index in [0.29, 0.717) is 49.0 Å². The SMILES string of the molecule is CCOC(=O)CC(c1ccc(OC)c([C@H](C)N2Cc3cc(OCc4ccccc4)ccc3OS2(=O)=O)c1)c1ccc2c(nnn2CCCCOCc2ccc(OC)cc2)c1C. The molecule has 1 aromatic heterocycles. The number of nitrogens with zero attached hydrogens (tertiary/aromatic N) is 4. The molecule has 0 bridgehead atoms. The molecule has 0 saturated carbocycles. The molecule has 0 N–H and O–H groups in total. The first kappa shape index (κ1) is 43.1. The predicted octanol–water partition coefficient (Wildman–Crippen LogP) is 8.62. The average Bonchev–Trinajstić information content (AvgIpc) is 3.69. The van der Waals surface area contributed by atoms with E-state index in [9.17, 15) is 13.2 Å². The number of hydrogen-bond acceptors (Lipinski definition) is 11. The lowest BCUT2D eigenvalue weighted by Gasteiger charge is -2.33. The number of benzene rings is 5. The van der Waals surface area contributed by atoms with Gasteiger partial charge in [0.1, 0.15) is 35.1 Å². The van der Waals surface area contributed by atoms with Crippen LogP contribution in [0.1, 0.15) is 84.0 Å². The molecule has 13 nitrogen and oxygen atoms in total. The quantitative estimate of drug-likeness (QED) is 0.0572. The van der Waals surface area contributed by atoms with Crippen molar-refractivity contribution in [2.24, 2.45) is 0 Å². The van der Waals surface area contributed by atoms with E-state index < -0.39 is 22.3 Å². The molecule has 0 radical (unpaired) electrons. The highest BCUT2D eigenvalue weighted by atomic mass is 32.2. The van der Waals surface area contributed by atoms with E-state index >= 15 is 0 Å². The Morgan fingerprint density at radius 1 is 0.852 bits per heavy atom. The van der Waals surface area contributed by atoms with Gasteiger partial charge in [0.25, 0.3) is 0 Å². The van der Waals surface area contributed by atoms with Crippen LogP contribution in [0.4, 0.5) is 0 Å². The van der Waals surface area contributed by atoms with Crippen LogP contribution in [0.5, 0.6) is 23.0 Å². The van der Waals surface area contributed by atoms with Gasteiger partial charge >= 0.3 is 16.3 Å². The summed E-state index contributed by atoms with van der Waals surface area (Å²) in [7, 11) is -1.01. The fraction of sp³-hybridized carbons (Fsp3) is 0.340. The molecule has 6 aromatic rings. The Morgan fingerprint density at radius 2 is 1.62 bits per heavy atom. The van der Waals surface area contributed by atoms with Crippen LogP contribution < -0.4 is 18.4 Å². The Kier molecular flexibility index (Phi) is 13.9. The zero-order valence-corrected chi connectivity index (χ0v) is 36.0. The standard InChI is InChI=1S/C47H52N4O9S/c1-6-58-46(52)28-42(40-20-21-43-47(32(40)2)48-49-50(43)24-10-11-25-57-30-35-14-17-38(55-4)18-15-35)36-16-22-45(56-5)41(27-36)33(3)51-29-37-26-39(19-23-44(37)60-61(51,53)54)59-31-34-12-8-7-9-13-34/h7-9,12-23,26-27,33,42H,6,10-11,24-25,28-31H2,1-5H3/t33-,42?/m0/s1. The van der Waals surface area contributed by atoms with Crippen LogP contribution in [0.3, 0.4) is 0 Å². The fourth-order valence-corrected chi connectivity index (χ4v) is 8.96. The first-order valence-corrected chi connectivity index (χ1v) is 21.8. The first-order chi connectivity index (χ1) is 29.6. The van der Waals surface area contributed by atoms with Gasteiger partial charge in [0.15, 0.2) is 0 Å². The number of methoxy groups -OCH3 is 2. The monoisotopic (exact) mass is 848 g/mol. The molecular weight excluding hydrogens is 797 g/mol. The van der Waals surface area contributed by atoms with Gasteiger partial charge in [0, 0.05) is 36.7 Å². The smallest absolute Gasteiger partial charge is 0.386 e. The van der Waals surface area contributed by atoms with Crippen LogP contribution in [-0.2, 0) is 50.9 Å². The summed E-state index contributed by atoms with van der Waals surface area (Å²) in [6, 6.07) is 31.7. The predicted molar refractivity (Wildman–Crippen MR) is 231 cm³/mol. The molecule has 5 aromatic carbocycles. The molecule has 1 unspecified atom stereocenters. The Labute approximate surface area is 357 Å². The minimum atomic E-state index is -4.21. The van der Waals surface area contributed by atoms with E-state index in [4.69, 9.17) is 27.9 Å². The molecule has 0 aliphatic carbocycles. The van der Waals surface area contributed by atoms with E-state index in [2.05, 4.69) is 10.3 Å². The normalized spacial score (nSPS) is 14.4. The number of aryl methyl sites for hydroxylation is 2. The molecule has 0 fully saturated rings. The summed E-state index contributed by atoms with van der Waals surface area (Å²) < 4.78 is 64.7. The summed E-state index contributed by atoms with van der Waals surface area (Å²) in [4.78, 5) is 13.2. The number of rotatable bonds is 19. The lowest BCUT2D eigenvalue weighted by atomic mass is 9.84. The third-order valence-electron chi connectivity index (χ3n) is 11.0. The molecule has 7 rings (SSSR count). The van der Waals surface area contributed by atoms with Crippen molar-refractivity contribution >= 4 is 27.3 Å². The highest BCUT2D eigenvalue weighted by Gasteiger charge is 2.37. The number of carbonyl (C=O) groups excluding carboxylic acids is 1. The summed E-state index contributed by atoms with van der Waals surface area (Å²) in [6.07, 6.45) is 1.76. The summed E-state index contributed by atoms with van der Waals surface area (Å²) in [5, 5.41) is 9.08. The summed E-state index contributed by atoms with van der Waals surface area (Å²) in [5.41, 5.74) is 7.57. The van der Waals surface area contributed by atoms with Crippen LogP contribution in [-0.4, -0.2) is 61.1 Å². The maximum Gasteiger partial charge on any atom is 0.386 e. The largest absolute Gasteiger partial charge is 0.497 e. The number of unbranched alkanes of at least 4 members (excludes halogenated alkanes) is 1. The van der Waals surface area contributed by atoms with E-state index in [1.54, 1.807) is 40.2 Å². The highest BCUT2D eigenvalue weighted by Crippen LogP contribution is 2.42. The third kappa shape index (κ3) is 10.2. The number of aromatic nitrogens is 3. The van der Waals surface area contributed by atoms with Crippen molar-refractivity contribution in [3.8, 4) is 23.0 Å². The van der Waals surface area contributed by atoms with Crippen molar-refractivity contribution in [1.82, 2.24) is 19.3 Å². The Hall–Kier alpha value is -5.96. The molecule has 1 aliphatic rings. The lowest BCUT2D eigenvalue weighted by Crippen LogP contribution is -2.39. The minimum absolute atomic E-state index is 0.0448. The van der Waals surface area contributed by atoms with Crippen LogP contribution in [0.2, 0.25) is 0 Å². The van der Waals surface area contributed by atoms with E-state index in [-0.39, 0.29) is 31.3 Å². The molecule has 0 amide bonds. The van der Waals surface area contributed by atoms with Crippen molar-refractivity contribution in [3.63, 3.8) is 0 Å². The number of ether oxygens (including phenoxy) is 5. The highest BCUT2D eigenvalue weighted by molar-refractivity contribution is 7.84. The second kappa shape index (κ2) is 19.6. The van der Waals surface area contributed by atoms with E-state index in [1.807, 2.05) is 103 Å². The second-order valence-electron chi connectivity index (χ2n) is 14.9. The average molecular weight is 849 g/mol. The van der Waals surface area contributed by atoms with Gasteiger partial charge in [-0.1, -0.05) is 59.8 Å². The second-order valence-corrected chi connectivity index (χ2v) is 16.4. The van der Waals surface area contributed by atoms with Crippen molar-refractivity contribution in [3.05, 3.63) is 142 Å². The zero-order valence-electron chi connectivity index (χ0n) is 35.2. The van der Waals surface area contributed by atoms with Crippen LogP contribution in [0.25, 0.3) is 11.0 Å². The Morgan fingerprint density at radius 3 is 2.38 bits per heavy atom. The van der Waals surface area contributed by atoms with Gasteiger partial charge in [0.2, 0.25) is 0 Å². The van der Waals surface area contributed by atoms with Gasteiger partial charge in [-0.2, -0.15) is 12.7 Å². The van der Waals surface area contributed by atoms with E-state index in [0.717, 1.165) is 57.4 Å². The first-order valence-electron chi connectivity index (χ1n) is 20.5. The maximum absolute atomic E-state index is 13.7. The van der Waals surface area contributed by atoms with Gasteiger partial charge in [-0.05, 0) is 110 Å². The number of hydrogen-bond donors (Lipinski definition) is 0. The molecule has 2 atom stereocenters. The van der Waals surface area contributed by atoms with Crippen LogP contribution in [0.15, 0.2) is 103 Å². The van der Waals surface area contributed by atoms with Crippen LogP contribution in [0, 0.1) is 6.92 Å². The molecule has 0 saturated heterocycles. The summed E-state index contributed by atoms with van der Waals surface area (Å²) in [5.74, 6) is 1.35. The minimum Gasteiger partial charge on any atom is -0.497 e. The topological polar surface area (TPSA) is 141 Å². The Bertz CT molecular complexity index is 2550. The van der Waals surface area contributed by atoms with Crippen molar-refractivity contribution < 1.29 is 41.1 Å². The van der Waals surface area contributed by atoms with Gasteiger partial charge in [-0.3, -0.25) is 4.79 Å². The molecule has 320 valence electrons.